The van der Waals surface area contributed by atoms with Gasteiger partial charge in [0.1, 0.15) is 5.76 Å². The van der Waals surface area contributed by atoms with Crippen molar-refractivity contribution in [2.45, 2.75) is 22.8 Å². The number of hydrogen-bond donors (Lipinski definition) is 2. The molecular formula is C16H16N2O5S2. The summed E-state index contributed by atoms with van der Waals surface area (Å²) >= 11 is 1.36. The number of thioether (sulfide) groups is 1. The molecule has 0 saturated carbocycles. The van der Waals surface area contributed by atoms with Crippen LogP contribution in [0.4, 0.5) is 5.69 Å². The van der Waals surface area contributed by atoms with Crippen molar-refractivity contribution in [1.82, 2.24) is 5.32 Å². The monoisotopic (exact) mass is 380 g/mol. The number of benzene rings is 1. The Hall–Kier alpha value is -2.26. The fraction of sp³-hybridized carbons (Fsp3) is 0.250. The first-order valence-electron chi connectivity index (χ1n) is 7.52. The summed E-state index contributed by atoms with van der Waals surface area (Å²) in [6.45, 7) is 0.216. The number of anilines is 1. The molecule has 2 heterocycles. The highest BCUT2D eigenvalue weighted by Gasteiger charge is 2.21. The zero-order valence-corrected chi connectivity index (χ0v) is 14.8. The Morgan fingerprint density at radius 3 is 2.92 bits per heavy atom. The Kier molecular flexibility index (Phi) is 5.14. The Balaban J connectivity index is 1.61. The molecule has 9 heteroatoms. The molecule has 2 amide bonds. The predicted molar refractivity (Wildman–Crippen MR) is 93.0 cm³/mol. The van der Waals surface area contributed by atoms with Crippen molar-refractivity contribution >= 4 is 39.1 Å². The van der Waals surface area contributed by atoms with Crippen LogP contribution >= 0.6 is 11.8 Å². The number of fused-ring (bicyclic) bond motifs is 1. The molecule has 2 aromatic rings. The third-order valence-corrected chi connectivity index (χ3v) is 6.37. The Morgan fingerprint density at radius 2 is 2.16 bits per heavy atom. The average molecular weight is 380 g/mol. The maximum absolute atomic E-state index is 12.4. The molecule has 2 N–H and O–H groups in total. The van der Waals surface area contributed by atoms with E-state index in [0.717, 1.165) is 4.90 Å². The van der Waals surface area contributed by atoms with E-state index in [9.17, 15) is 18.0 Å². The lowest BCUT2D eigenvalue weighted by Crippen LogP contribution is -2.25. The lowest BCUT2D eigenvalue weighted by Gasteiger charge is -2.17. The molecule has 7 nitrogen and oxygen atoms in total. The fourth-order valence-electron chi connectivity index (χ4n) is 2.29. The van der Waals surface area contributed by atoms with E-state index in [0.29, 0.717) is 17.2 Å². The summed E-state index contributed by atoms with van der Waals surface area (Å²) in [6.07, 6.45) is 1.35. The van der Waals surface area contributed by atoms with Crippen LogP contribution in [-0.2, 0) is 26.0 Å². The summed E-state index contributed by atoms with van der Waals surface area (Å²) in [4.78, 5) is 24.2. The number of rotatable bonds is 6. The standard InChI is InChI=1S/C16H16N2O5S2/c19-15(17-9-11-2-1-6-23-11)5-7-25(21,22)12-3-4-14-13(8-12)18-16(20)10-24-14/h1-4,6,8H,5,7,9-10H2,(H,17,19)(H,18,20). The van der Waals surface area contributed by atoms with Crippen molar-refractivity contribution in [2.24, 2.45) is 0 Å². The van der Waals surface area contributed by atoms with E-state index < -0.39 is 9.84 Å². The van der Waals surface area contributed by atoms with Gasteiger partial charge in [0.15, 0.2) is 9.84 Å². The minimum Gasteiger partial charge on any atom is -0.467 e. The maximum Gasteiger partial charge on any atom is 0.234 e. The van der Waals surface area contributed by atoms with E-state index in [1.54, 1.807) is 18.2 Å². The van der Waals surface area contributed by atoms with Gasteiger partial charge in [0.05, 0.1) is 34.9 Å². The van der Waals surface area contributed by atoms with Gasteiger partial charge in [-0.1, -0.05) is 0 Å². The number of carbonyl (C=O) groups excluding carboxylic acids is 2. The molecule has 25 heavy (non-hydrogen) atoms. The predicted octanol–water partition coefficient (Wildman–Crippen LogP) is 1.80. The van der Waals surface area contributed by atoms with Crippen molar-refractivity contribution in [3.8, 4) is 0 Å². The van der Waals surface area contributed by atoms with Gasteiger partial charge in [0, 0.05) is 11.3 Å². The molecule has 0 unspecified atom stereocenters. The first-order chi connectivity index (χ1) is 11.9. The molecule has 0 fully saturated rings. The molecule has 0 atom stereocenters. The van der Waals surface area contributed by atoms with Gasteiger partial charge >= 0.3 is 0 Å². The van der Waals surface area contributed by atoms with E-state index in [4.69, 9.17) is 4.42 Å². The minimum atomic E-state index is -3.62. The molecule has 1 aromatic carbocycles. The Morgan fingerprint density at radius 1 is 1.32 bits per heavy atom. The van der Waals surface area contributed by atoms with Crippen LogP contribution in [0.5, 0.6) is 0 Å². The largest absolute Gasteiger partial charge is 0.467 e. The van der Waals surface area contributed by atoms with E-state index in [1.807, 2.05) is 0 Å². The van der Waals surface area contributed by atoms with Crippen molar-refractivity contribution in [3.63, 3.8) is 0 Å². The zero-order valence-electron chi connectivity index (χ0n) is 13.2. The van der Waals surface area contributed by atoms with Crippen LogP contribution in [-0.4, -0.2) is 31.7 Å². The summed E-state index contributed by atoms with van der Waals surface area (Å²) in [5.41, 5.74) is 0.490. The molecule has 1 aromatic heterocycles. The Labute approximate surface area is 149 Å². The van der Waals surface area contributed by atoms with Crippen LogP contribution in [0.2, 0.25) is 0 Å². The van der Waals surface area contributed by atoms with Crippen LogP contribution in [0.15, 0.2) is 50.8 Å². The van der Waals surface area contributed by atoms with Gasteiger partial charge in [-0.2, -0.15) is 0 Å². The van der Waals surface area contributed by atoms with Gasteiger partial charge in [0.2, 0.25) is 11.8 Å². The first kappa shape index (κ1) is 17.6. The molecule has 1 aliphatic heterocycles. The second-order valence-electron chi connectivity index (χ2n) is 5.42. The molecule has 132 valence electrons. The Bertz CT molecular complexity index is 891. The van der Waals surface area contributed by atoms with Crippen LogP contribution in [0.3, 0.4) is 0 Å². The van der Waals surface area contributed by atoms with Crippen molar-refractivity contribution in [1.29, 1.82) is 0 Å². The van der Waals surface area contributed by atoms with Crippen LogP contribution in [0, 0.1) is 0 Å². The third-order valence-electron chi connectivity index (χ3n) is 3.58. The lowest BCUT2D eigenvalue weighted by atomic mass is 10.3. The number of carbonyl (C=O) groups is 2. The lowest BCUT2D eigenvalue weighted by molar-refractivity contribution is -0.121. The summed E-state index contributed by atoms with van der Waals surface area (Å²) in [5, 5.41) is 5.27. The van der Waals surface area contributed by atoms with Gasteiger partial charge in [-0.15, -0.1) is 11.8 Å². The van der Waals surface area contributed by atoms with Gasteiger partial charge in [-0.05, 0) is 30.3 Å². The first-order valence-corrected chi connectivity index (χ1v) is 10.2. The summed E-state index contributed by atoms with van der Waals surface area (Å²) in [7, 11) is -3.62. The number of hydrogen-bond acceptors (Lipinski definition) is 6. The highest BCUT2D eigenvalue weighted by molar-refractivity contribution is 8.00. The van der Waals surface area contributed by atoms with E-state index in [2.05, 4.69) is 10.6 Å². The molecule has 1 aliphatic rings. The quantitative estimate of drug-likeness (QED) is 0.792. The maximum atomic E-state index is 12.4. The van der Waals surface area contributed by atoms with Gasteiger partial charge in [0.25, 0.3) is 0 Å². The topological polar surface area (TPSA) is 105 Å². The number of furan rings is 1. The van der Waals surface area contributed by atoms with Crippen LogP contribution < -0.4 is 10.6 Å². The molecule has 0 aliphatic carbocycles. The normalized spacial score (nSPS) is 13.8. The van der Waals surface area contributed by atoms with Crippen molar-refractivity contribution in [3.05, 3.63) is 42.4 Å². The van der Waals surface area contributed by atoms with Crippen molar-refractivity contribution in [2.75, 3.05) is 16.8 Å². The van der Waals surface area contributed by atoms with Gasteiger partial charge in [-0.25, -0.2) is 8.42 Å². The van der Waals surface area contributed by atoms with Gasteiger partial charge < -0.3 is 15.1 Å². The van der Waals surface area contributed by atoms with E-state index in [1.165, 1.54) is 30.2 Å². The van der Waals surface area contributed by atoms with Crippen LogP contribution in [0.25, 0.3) is 0 Å². The smallest absolute Gasteiger partial charge is 0.234 e. The number of sulfone groups is 1. The average Bonchev–Trinajstić information content (AvgIpc) is 3.11. The zero-order chi connectivity index (χ0) is 17.9. The van der Waals surface area contributed by atoms with Crippen molar-refractivity contribution < 1.29 is 22.4 Å². The van der Waals surface area contributed by atoms with E-state index >= 15 is 0 Å². The summed E-state index contributed by atoms with van der Waals surface area (Å²) in [6, 6.07) is 8.04. The molecule has 0 saturated heterocycles. The molecule has 0 spiro atoms. The summed E-state index contributed by atoms with van der Waals surface area (Å²) in [5.74, 6) is 0.0662. The summed E-state index contributed by atoms with van der Waals surface area (Å²) < 4.78 is 29.9. The second-order valence-corrected chi connectivity index (χ2v) is 8.55. The molecule has 3 rings (SSSR count). The third kappa shape index (κ3) is 4.43. The highest BCUT2D eigenvalue weighted by atomic mass is 32.2. The highest BCUT2D eigenvalue weighted by Crippen LogP contribution is 2.33. The SMILES string of the molecule is O=C(CCS(=O)(=O)c1ccc2c(c1)NC(=O)CS2)NCc1ccco1. The number of nitrogens with one attached hydrogen (secondary N) is 2. The molecular weight excluding hydrogens is 364 g/mol. The number of amides is 2. The minimum absolute atomic E-state index is 0.0906. The van der Waals surface area contributed by atoms with E-state index in [-0.39, 0.29) is 35.4 Å². The van der Waals surface area contributed by atoms with Crippen LogP contribution in [0.1, 0.15) is 12.2 Å². The molecule has 0 bridgehead atoms. The molecule has 0 radical (unpaired) electrons. The second kappa shape index (κ2) is 7.32. The van der Waals surface area contributed by atoms with Gasteiger partial charge in [-0.3, -0.25) is 9.59 Å². The fourth-order valence-corrected chi connectivity index (χ4v) is 4.34.